The molecule has 0 fully saturated rings. The minimum absolute atomic E-state index is 0.0946. The zero-order chi connectivity index (χ0) is 21.5. The summed E-state index contributed by atoms with van der Waals surface area (Å²) in [4.78, 5) is 12.7. The molecule has 154 valence electrons. The van der Waals surface area contributed by atoms with Crippen molar-refractivity contribution in [2.24, 2.45) is 0 Å². The first-order valence-electron chi connectivity index (χ1n) is 9.93. The Morgan fingerprint density at radius 3 is 2.26 bits per heavy atom. The van der Waals surface area contributed by atoms with Crippen molar-refractivity contribution in [2.75, 3.05) is 11.1 Å². The average molecular weight is 427 g/mol. The van der Waals surface area contributed by atoms with Gasteiger partial charge in [0.2, 0.25) is 5.91 Å². The van der Waals surface area contributed by atoms with Crippen LogP contribution in [0, 0.1) is 0 Å². The van der Waals surface area contributed by atoms with Crippen molar-refractivity contribution in [3.63, 3.8) is 0 Å². The summed E-state index contributed by atoms with van der Waals surface area (Å²) in [6.07, 6.45) is 1.80. The molecule has 5 nitrogen and oxygen atoms in total. The first-order valence-corrected chi connectivity index (χ1v) is 10.9. The molecule has 3 aromatic carbocycles. The van der Waals surface area contributed by atoms with Gasteiger partial charge in [-0.1, -0.05) is 96.7 Å². The standard InChI is InChI=1S/C25H22N4OS/c1-2-17-29-24(20-13-7-4-8-14-20)27-28-25(29)31-18-23(30)26-22-16-10-9-15-21(22)19-11-5-3-6-12-19/h2-16H,1,17-18H2,(H,26,30). The summed E-state index contributed by atoms with van der Waals surface area (Å²) < 4.78 is 1.97. The lowest BCUT2D eigenvalue weighted by molar-refractivity contribution is -0.113. The average Bonchev–Trinajstić information content (AvgIpc) is 3.22. The van der Waals surface area contributed by atoms with Gasteiger partial charge in [0.25, 0.3) is 0 Å². The molecule has 1 heterocycles. The highest BCUT2D eigenvalue weighted by Crippen LogP contribution is 2.28. The number of nitrogens with one attached hydrogen (secondary N) is 1. The van der Waals surface area contributed by atoms with Gasteiger partial charge in [0.05, 0.1) is 5.75 Å². The molecular formula is C25H22N4OS. The molecule has 0 aliphatic heterocycles. The Bertz CT molecular complexity index is 1170. The first kappa shape index (κ1) is 20.6. The van der Waals surface area contributed by atoms with Crippen LogP contribution in [-0.2, 0) is 11.3 Å². The van der Waals surface area contributed by atoms with Gasteiger partial charge in [-0.25, -0.2) is 0 Å². The number of hydrogen-bond acceptors (Lipinski definition) is 4. The Labute approximate surface area is 185 Å². The van der Waals surface area contributed by atoms with Crippen molar-refractivity contribution in [3.8, 4) is 22.5 Å². The minimum atomic E-state index is -0.0946. The minimum Gasteiger partial charge on any atom is -0.325 e. The van der Waals surface area contributed by atoms with E-state index in [-0.39, 0.29) is 11.7 Å². The van der Waals surface area contributed by atoms with Crippen molar-refractivity contribution >= 4 is 23.4 Å². The molecule has 0 saturated heterocycles. The normalized spacial score (nSPS) is 10.6. The van der Waals surface area contributed by atoms with Gasteiger partial charge in [0, 0.05) is 23.4 Å². The molecule has 0 atom stereocenters. The van der Waals surface area contributed by atoms with E-state index >= 15 is 0 Å². The summed E-state index contributed by atoms with van der Waals surface area (Å²) in [5.74, 6) is 0.897. The third-order valence-corrected chi connectivity index (χ3v) is 5.65. The lowest BCUT2D eigenvalue weighted by Gasteiger charge is -2.11. The number of benzene rings is 3. The van der Waals surface area contributed by atoms with Gasteiger partial charge in [-0.2, -0.15) is 0 Å². The number of anilines is 1. The van der Waals surface area contributed by atoms with E-state index in [4.69, 9.17) is 0 Å². The van der Waals surface area contributed by atoms with Gasteiger partial charge >= 0.3 is 0 Å². The maximum atomic E-state index is 12.7. The lowest BCUT2D eigenvalue weighted by atomic mass is 10.0. The summed E-state index contributed by atoms with van der Waals surface area (Å²) in [6, 6.07) is 27.7. The second-order valence-electron chi connectivity index (χ2n) is 6.82. The fourth-order valence-corrected chi connectivity index (χ4v) is 4.02. The van der Waals surface area contributed by atoms with Gasteiger partial charge in [-0.3, -0.25) is 9.36 Å². The third-order valence-electron chi connectivity index (χ3n) is 4.68. The van der Waals surface area contributed by atoms with E-state index in [0.29, 0.717) is 11.7 Å². The second kappa shape index (κ2) is 9.91. The molecule has 4 rings (SSSR count). The van der Waals surface area contributed by atoms with E-state index in [9.17, 15) is 4.79 Å². The SMILES string of the molecule is C=CCn1c(SCC(=O)Nc2ccccc2-c2ccccc2)nnc1-c1ccccc1. The molecule has 0 unspecified atom stereocenters. The molecule has 4 aromatic rings. The van der Waals surface area contributed by atoms with Crippen LogP contribution in [0.15, 0.2) is 103 Å². The summed E-state index contributed by atoms with van der Waals surface area (Å²) >= 11 is 1.36. The zero-order valence-electron chi connectivity index (χ0n) is 16.9. The van der Waals surface area contributed by atoms with Gasteiger partial charge in [0.15, 0.2) is 11.0 Å². The monoisotopic (exact) mass is 426 g/mol. The molecule has 1 amide bonds. The van der Waals surface area contributed by atoms with Crippen LogP contribution in [-0.4, -0.2) is 26.4 Å². The summed E-state index contributed by atoms with van der Waals surface area (Å²) in [7, 11) is 0. The highest BCUT2D eigenvalue weighted by molar-refractivity contribution is 7.99. The number of thioether (sulfide) groups is 1. The number of para-hydroxylation sites is 1. The zero-order valence-corrected chi connectivity index (χ0v) is 17.8. The highest BCUT2D eigenvalue weighted by Gasteiger charge is 2.15. The summed E-state index contributed by atoms with van der Waals surface area (Å²) in [6.45, 7) is 4.40. The van der Waals surface area contributed by atoms with Crippen molar-refractivity contribution in [1.82, 2.24) is 14.8 Å². The molecule has 0 aliphatic carbocycles. The number of carbonyl (C=O) groups is 1. The van der Waals surface area contributed by atoms with Crippen molar-refractivity contribution in [1.29, 1.82) is 0 Å². The van der Waals surface area contributed by atoms with Gasteiger partial charge in [-0.15, -0.1) is 16.8 Å². The van der Waals surface area contributed by atoms with E-state index in [2.05, 4.69) is 22.1 Å². The Hall–Kier alpha value is -3.64. The van der Waals surface area contributed by atoms with Crippen LogP contribution >= 0.6 is 11.8 Å². The number of allylic oxidation sites excluding steroid dienone is 1. The van der Waals surface area contributed by atoms with Crippen LogP contribution in [0.25, 0.3) is 22.5 Å². The maximum absolute atomic E-state index is 12.7. The second-order valence-corrected chi connectivity index (χ2v) is 7.76. The van der Waals surface area contributed by atoms with Crippen LogP contribution in [0.2, 0.25) is 0 Å². The third kappa shape index (κ3) is 4.92. The Morgan fingerprint density at radius 1 is 0.903 bits per heavy atom. The molecule has 0 bridgehead atoms. The van der Waals surface area contributed by atoms with Gasteiger partial charge in [0.1, 0.15) is 0 Å². The van der Waals surface area contributed by atoms with E-state index < -0.39 is 0 Å². The number of amides is 1. The Morgan fingerprint density at radius 2 is 1.55 bits per heavy atom. The fraction of sp³-hybridized carbons (Fsp3) is 0.0800. The molecule has 0 aliphatic rings. The quantitative estimate of drug-likeness (QED) is 0.297. The predicted molar refractivity (Wildman–Crippen MR) is 127 cm³/mol. The lowest BCUT2D eigenvalue weighted by Crippen LogP contribution is -2.15. The van der Waals surface area contributed by atoms with E-state index in [0.717, 1.165) is 28.2 Å². The fourth-order valence-electron chi connectivity index (χ4n) is 3.27. The molecule has 0 spiro atoms. The number of carbonyl (C=O) groups excluding carboxylic acids is 1. The van der Waals surface area contributed by atoms with E-state index in [1.165, 1.54) is 11.8 Å². The van der Waals surface area contributed by atoms with Gasteiger partial charge < -0.3 is 5.32 Å². The predicted octanol–water partition coefficient (Wildman–Crippen LogP) is 5.53. The molecule has 0 saturated carbocycles. The van der Waals surface area contributed by atoms with Crippen LogP contribution in [0.3, 0.4) is 0 Å². The van der Waals surface area contributed by atoms with Crippen molar-refractivity contribution in [3.05, 3.63) is 97.6 Å². The number of aromatic nitrogens is 3. The molecule has 1 N–H and O–H groups in total. The maximum Gasteiger partial charge on any atom is 0.234 e. The Balaban J connectivity index is 1.48. The summed E-state index contributed by atoms with van der Waals surface area (Å²) in [5.41, 5.74) is 3.81. The highest BCUT2D eigenvalue weighted by atomic mass is 32.2. The Kier molecular flexibility index (Phi) is 6.59. The van der Waals surface area contributed by atoms with E-state index in [1.54, 1.807) is 6.08 Å². The molecule has 1 aromatic heterocycles. The van der Waals surface area contributed by atoms with Crippen LogP contribution in [0.5, 0.6) is 0 Å². The van der Waals surface area contributed by atoms with Crippen molar-refractivity contribution in [2.45, 2.75) is 11.7 Å². The summed E-state index contributed by atoms with van der Waals surface area (Å²) in [5, 5.41) is 12.4. The van der Waals surface area contributed by atoms with Crippen LogP contribution in [0.4, 0.5) is 5.69 Å². The van der Waals surface area contributed by atoms with Crippen molar-refractivity contribution < 1.29 is 4.79 Å². The largest absolute Gasteiger partial charge is 0.325 e. The van der Waals surface area contributed by atoms with Crippen LogP contribution in [0.1, 0.15) is 0 Å². The molecular weight excluding hydrogens is 404 g/mol. The van der Waals surface area contributed by atoms with E-state index in [1.807, 2.05) is 89.5 Å². The smallest absolute Gasteiger partial charge is 0.234 e. The van der Waals surface area contributed by atoms with Gasteiger partial charge in [-0.05, 0) is 11.6 Å². The first-order chi connectivity index (χ1) is 15.3. The molecule has 6 heteroatoms. The number of nitrogens with zero attached hydrogens (tertiary/aromatic N) is 3. The number of hydrogen-bond donors (Lipinski definition) is 1. The van der Waals surface area contributed by atoms with Crippen LogP contribution < -0.4 is 5.32 Å². The topological polar surface area (TPSA) is 59.8 Å². The molecule has 31 heavy (non-hydrogen) atoms. The molecule has 0 radical (unpaired) electrons. The number of rotatable bonds is 8.